The van der Waals surface area contributed by atoms with E-state index in [9.17, 15) is 0 Å². The van der Waals surface area contributed by atoms with Crippen LogP contribution < -0.4 is 0 Å². The number of fused-ring (bicyclic) bond motifs is 1. The minimum atomic E-state index is 0. The Kier molecular flexibility index (Phi) is 10.3. The molecule has 8 heteroatoms. The number of aromatic nitrogens is 6. The van der Waals surface area contributed by atoms with Crippen molar-refractivity contribution in [1.29, 1.82) is 0 Å². The van der Waals surface area contributed by atoms with Crippen LogP contribution >= 0.6 is 0 Å². The molecule has 241 valence electrons. The second-order valence-electron chi connectivity index (χ2n) is 12.1. The molecule has 0 fully saturated rings. The van der Waals surface area contributed by atoms with E-state index in [1.165, 1.54) is 33.6 Å². The first-order chi connectivity index (χ1) is 22.2. The van der Waals surface area contributed by atoms with Crippen LogP contribution in [-0.2, 0) is 20.1 Å². The normalized spacial score (nSPS) is 11.1. The molecule has 0 aliphatic rings. The SMILES string of the molecule is Cc1cccc(C)c1-n1cnc(-c2[c-]ccnc2)c1.Cc1nc2cc(-c3nccn3-c3c(C(C)C)cccc3C(C)C)[c-]cc2o1.[Ir]. The Balaban J connectivity index is 0.000000191. The minimum Gasteiger partial charge on any atom is -0.488 e. The third-order valence-corrected chi connectivity index (χ3v) is 8.05. The van der Waals surface area contributed by atoms with Crippen molar-refractivity contribution in [2.45, 2.75) is 60.3 Å². The first-order valence-corrected chi connectivity index (χ1v) is 15.6. The standard InChI is InChI=1S/C23H24N3O.C16H14N3.Ir/c1-14(2)18-7-6-8-19(15(3)4)22(18)26-12-11-24-23(26)17-9-10-21-20(13-17)25-16(5)27-21;1-12-5-3-6-13(2)16(12)19-10-15(18-11-19)14-7-4-8-17-9-14;/h6-8,10-15H,1-5H3;3-6,8-11H,1-2H3;/q2*-1;. The number of oxazole rings is 1. The van der Waals surface area contributed by atoms with E-state index in [1.54, 1.807) is 18.5 Å². The van der Waals surface area contributed by atoms with E-state index in [-0.39, 0.29) is 20.1 Å². The molecule has 7 nitrogen and oxygen atoms in total. The largest absolute Gasteiger partial charge is 0.488 e. The maximum absolute atomic E-state index is 5.59. The maximum Gasteiger partial charge on any atom is 0.180 e. The minimum absolute atomic E-state index is 0. The molecule has 7 aromatic rings. The molecule has 0 amide bonds. The summed E-state index contributed by atoms with van der Waals surface area (Å²) in [6.07, 6.45) is 11.2. The summed E-state index contributed by atoms with van der Waals surface area (Å²) >= 11 is 0. The van der Waals surface area contributed by atoms with Crippen LogP contribution in [0.25, 0.3) is 45.1 Å². The van der Waals surface area contributed by atoms with Crippen LogP contribution in [0.3, 0.4) is 0 Å². The molecule has 4 heterocycles. The summed E-state index contributed by atoms with van der Waals surface area (Å²) in [5.74, 6) is 2.36. The average Bonchev–Trinajstić information content (AvgIpc) is 3.80. The van der Waals surface area contributed by atoms with Crippen molar-refractivity contribution < 1.29 is 24.5 Å². The van der Waals surface area contributed by atoms with Gasteiger partial charge in [0.05, 0.1) is 23.4 Å². The number of para-hydroxylation sites is 2. The van der Waals surface area contributed by atoms with Gasteiger partial charge in [-0.3, -0.25) is 9.97 Å². The summed E-state index contributed by atoms with van der Waals surface area (Å²) in [6, 6.07) is 25.0. The van der Waals surface area contributed by atoms with Gasteiger partial charge >= 0.3 is 0 Å². The van der Waals surface area contributed by atoms with Crippen molar-refractivity contribution in [2.75, 3.05) is 0 Å². The average molecular weight is 799 g/mol. The number of pyridine rings is 1. The van der Waals surface area contributed by atoms with Gasteiger partial charge in [-0.05, 0) is 54.1 Å². The summed E-state index contributed by atoms with van der Waals surface area (Å²) in [5, 5.41) is 0. The molecule has 1 radical (unpaired) electrons. The second kappa shape index (κ2) is 14.4. The van der Waals surface area contributed by atoms with Gasteiger partial charge in [0, 0.05) is 56.3 Å². The van der Waals surface area contributed by atoms with Crippen molar-refractivity contribution in [2.24, 2.45) is 0 Å². The predicted molar refractivity (Wildman–Crippen MR) is 183 cm³/mol. The number of hydrogen-bond acceptors (Lipinski definition) is 5. The van der Waals surface area contributed by atoms with Gasteiger partial charge in [0.25, 0.3) is 0 Å². The van der Waals surface area contributed by atoms with E-state index in [0.717, 1.165) is 33.7 Å². The first-order valence-electron chi connectivity index (χ1n) is 15.6. The fraction of sp³-hybridized carbons (Fsp3) is 0.231. The van der Waals surface area contributed by atoms with Crippen LogP contribution in [0, 0.1) is 32.9 Å². The third kappa shape index (κ3) is 7.04. The monoisotopic (exact) mass is 799 g/mol. The van der Waals surface area contributed by atoms with Crippen molar-refractivity contribution in [3.8, 4) is 34.0 Å². The zero-order valence-electron chi connectivity index (χ0n) is 27.7. The topological polar surface area (TPSA) is 74.6 Å². The molecule has 0 saturated carbocycles. The summed E-state index contributed by atoms with van der Waals surface area (Å²) < 4.78 is 9.83. The Hall–Kier alpha value is -4.65. The third-order valence-electron chi connectivity index (χ3n) is 8.05. The van der Waals surface area contributed by atoms with Gasteiger partial charge < -0.3 is 18.5 Å². The van der Waals surface area contributed by atoms with E-state index >= 15 is 0 Å². The van der Waals surface area contributed by atoms with Crippen molar-refractivity contribution >= 4 is 11.1 Å². The zero-order chi connectivity index (χ0) is 32.4. The maximum atomic E-state index is 5.59. The molecule has 0 saturated heterocycles. The zero-order valence-corrected chi connectivity index (χ0v) is 30.1. The molecule has 0 aliphatic heterocycles. The van der Waals surface area contributed by atoms with Crippen LogP contribution in [0.4, 0.5) is 0 Å². The molecule has 0 N–H and O–H groups in total. The summed E-state index contributed by atoms with van der Waals surface area (Å²) in [7, 11) is 0. The Morgan fingerprint density at radius 2 is 1.51 bits per heavy atom. The summed E-state index contributed by atoms with van der Waals surface area (Å²) in [5.41, 5.74) is 11.8. The van der Waals surface area contributed by atoms with E-state index < -0.39 is 0 Å². The van der Waals surface area contributed by atoms with E-state index in [2.05, 4.69) is 119 Å². The fourth-order valence-electron chi connectivity index (χ4n) is 5.85. The molecule has 0 bridgehead atoms. The number of aryl methyl sites for hydroxylation is 3. The number of benzene rings is 3. The molecular formula is C39H38IrN6O-2. The van der Waals surface area contributed by atoms with Gasteiger partial charge in [-0.1, -0.05) is 76.5 Å². The fourth-order valence-corrected chi connectivity index (χ4v) is 5.85. The summed E-state index contributed by atoms with van der Waals surface area (Å²) in [6.45, 7) is 15.0. The number of imidazole rings is 2. The Bertz CT molecular complexity index is 2060. The van der Waals surface area contributed by atoms with Crippen LogP contribution in [0.1, 0.15) is 67.7 Å². The van der Waals surface area contributed by atoms with Crippen LogP contribution in [-0.4, -0.2) is 29.1 Å². The molecule has 0 aliphatic carbocycles. The second-order valence-corrected chi connectivity index (χ2v) is 12.1. The van der Waals surface area contributed by atoms with Crippen molar-refractivity contribution in [1.82, 2.24) is 29.1 Å². The van der Waals surface area contributed by atoms with Gasteiger partial charge in [-0.2, -0.15) is 0 Å². The van der Waals surface area contributed by atoms with Crippen molar-refractivity contribution in [3.05, 3.63) is 132 Å². The Morgan fingerprint density at radius 1 is 0.809 bits per heavy atom. The molecule has 0 unspecified atom stereocenters. The molecule has 4 aromatic heterocycles. The van der Waals surface area contributed by atoms with Gasteiger partial charge in [0.2, 0.25) is 0 Å². The van der Waals surface area contributed by atoms with Crippen LogP contribution in [0.2, 0.25) is 0 Å². The van der Waals surface area contributed by atoms with Gasteiger partial charge in [0.1, 0.15) is 0 Å². The van der Waals surface area contributed by atoms with E-state index in [4.69, 9.17) is 4.42 Å². The van der Waals surface area contributed by atoms with Crippen molar-refractivity contribution in [3.63, 3.8) is 0 Å². The number of nitrogens with zero attached hydrogens (tertiary/aromatic N) is 6. The quantitative estimate of drug-likeness (QED) is 0.157. The molecule has 3 aromatic carbocycles. The smallest absolute Gasteiger partial charge is 0.180 e. The van der Waals surface area contributed by atoms with Gasteiger partial charge in [-0.25, -0.2) is 4.98 Å². The van der Waals surface area contributed by atoms with E-state index in [0.29, 0.717) is 17.7 Å². The van der Waals surface area contributed by atoms with Gasteiger partial charge in [-0.15, -0.1) is 41.5 Å². The Morgan fingerprint density at radius 3 is 2.17 bits per heavy atom. The van der Waals surface area contributed by atoms with Gasteiger partial charge in [0.15, 0.2) is 5.89 Å². The molecule has 47 heavy (non-hydrogen) atoms. The molecule has 0 atom stereocenters. The molecular weight excluding hydrogens is 761 g/mol. The van der Waals surface area contributed by atoms with Crippen LogP contribution in [0.5, 0.6) is 0 Å². The Labute approximate surface area is 290 Å². The molecule has 7 rings (SSSR count). The van der Waals surface area contributed by atoms with Crippen LogP contribution in [0.15, 0.2) is 96.3 Å². The molecule has 0 spiro atoms. The predicted octanol–water partition coefficient (Wildman–Crippen LogP) is 9.38. The first kappa shape index (κ1) is 33.7. The number of hydrogen-bond donors (Lipinski definition) is 0. The summed E-state index contributed by atoms with van der Waals surface area (Å²) in [4.78, 5) is 17.6. The number of rotatable bonds is 6. The van der Waals surface area contributed by atoms with E-state index in [1.807, 2.05) is 44.0 Å².